The minimum Gasteiger partial charge on any atom is -0.405 e. The van der Waals surface area contributed by atoms with Crippen LogP contribution < -0.4 is 4.74 Å². The van der Waals surface area contributed by atoms with Gasteiger partial charge in [-0.05, 0) is 25.3 Å². The number of carbonyl (C=O) groups is 1. The molecule has 1 aliphatic carbocycles. The molecular weight excluding hydrogens is 295 g/mol. The Morgan fingerprint density at radius 2 is 2.05 bits per heavy atom. The molecule has 0 heterocycles. The predicted molar refractivity (Wildman–Crippen MR) is 76.1 cm³/mol. The molecule has 1 amide bonds. The zero-order valence-electron chi connectivity index (χ0n) is 12.3. The summed E-state index contributed by atoms with van der Waals surface area (Å²) in [5.74, 6) is -0.407. The average Bonchev–Trinajstić information content (AvgIpc) is 2.48. The number of alkyl halides is 3. The van der Waals surface area contributed by atoms with E-state index in [4.69, 9.17) is 0 Å². The quantitative estimate of drug-likeness (QED) is 0.789. The first-order valence-electron chi connectivity index (χ1n) is 7.10. The molecule has 0 radical (unpaired) electrons. The Labute approximate surface area is 127 Å². The summed E-state index contributed by atoms with van der Waals surface area (Å²) in [6.07, 6.45) is 1.59. The summed E-state index contributed by atoms with van der Waals surface area (Å²) in [5.41, 5.74) is 0.335. The van der Waals surface area contributed by atoms with Crippen molar-refractivity contribution in [2.45, 2.75) is 32.2 Å². The number of para-hydroxylation sites is 1. The lowest BCUT2D eigenvalue weighted by Crippen LogP contribution is -2.33. The Hall–Kier alpha value is -1.98. The monoisotopic (exact) mass is 313 g/mol. The number of rotatable bonds is 4. The highest BCUT2D eigenvalue weighted by Crippen LogP contribution is 2.28. The van der Waals surface area contributed by atoms with Crippen LogP contribution in [0.15, 0.2) is 36.4 Å². The third kappa shape index (κ3) is 4.51. The van der Waals surface area contributed by atoms with Gasteiger partial charge in [0.15, 0.2) is 0 Å². The highest BCUT2D eigenvalue weighted by Gasteiger charge is 2.32. The lowest BCUT2D eigenvalue weighted by molar-refractivity contribution is -0.275. The second-order valence-electron chi connectivity index (χ2n) is 5.33. The third-order valence-corrected chi connectivity index (χ3v) is 3.60. The van der Waals surface area contributed by atoms with Crippen molar-refractivity contribution in [3.05, 3.63) is 42.0 Å². The van der Waals surface area contributed by atoms with Crippen LogP contribution in [0.25, 0.3) is 0 Å². The molecule has 0 saturated heterocycles. The van der Waals surface area contributed by atoms with E-state index in [2.05, 4.69) is 4.74 Å². The molecule has 6 heteroatoms. The molecule has 1 aromatic carbocycles. The number of amides is 1. The Balaban J connectivity index is 2.06. The summed E-state index contributed by atoms with van der Waals surface area (Å²) in [6, 6.07) is 5.88. The largest absolute Gasteiger partial charge is 0.573 e. The van der Waals surface area contributed by atoms with Crippen molar-refractivity contribution in [2.75, 3.05) is 7.05 Å². The van der Waals surface area contributed by atoms with E-state index < -0.39 is 6.36 Å². The van der Waals surface area contributed by atoms with Crippen LogP contribution in [0.2, 0.25) is 0 Å². The van der Waals surface area contributed by atoms with Gasteiger partial charge < -0.3 is 9.64 Å². The summed E-state index contributed by atoms with van der Waals surface area (Å²) in [7, 11) is 1.60. The number of hydrogen-bond acceptors (Lipinski definition) is 2. The maximum absolute atomic E-state index is 12.4. The Morgan fingerprint density at radius 3 is 2.68 bits per heavy atom. The molecular formula is C16H18F3NO2. The molecule has 1 aliphatic rings. The van der Waals surface area contributed by atoms with Crippen LogP contribution in [0, 0.1) is 5.92 Å². The van der Waals surface area contributed by atoms with Gasteiger partial charge in [-0.1, -0.05) is 30.4 Å². The van der Waals surface area contributed by atoms with E-state index >= 15 is 0 Å². The van der Waals surface area contributed by atoms with E-state index in [1.54, 1.807) is 13.1 Å². The zero-order chi connectivity index (χ0) is 16.2. The molecule has 0 aliphatic heterocycles. The van der Waals surface area contributed by atoms with Crippen molar-refractivity contribution >= 4 is 5.91 Å². The Bertz CT molecular complexity index is 555. The molecule has 3 nitrogen and oxygen atoms in total. The number of nitrogens with zero attached hydrogens (tertiary/aromatic N) is 1. The van der Waals surface area contributed by atoms with Crippen LogP contribution >= 0.6 is 0 Å². The maximum Gasteiger partial charge on any atom is 0.573 e. The second-order valence-corrected chi connectivity index (χ2v) is 5.33. The molecule has 22 heavy (non-hydrogen) atoms. The Morgan fingerprint density at radius 1 is 1.32 bits per heavy atom. The molecule has 0 N–H and O–H groups in total. The van der Waals surface area contributed by atoms with Gasteiger partial charge in [0.05, 0.1) is 0 Å². The van der Waals surface area contributed by atoms with E-state index in [1.165, 1.54) is 23.1 Å². The van der Waals surface area contributed by atoms with Gasteiger partial charge in [-0.15, -0.1) is 13.2 Å². The first-order valence-corrected chi connectivity index (χ1v) is 7.10. The van der Waals surface area contributed by atoms with Gasteiger partial charge >= 0.3 is 6.36 Å². The number of ether oxygens (including phenoxy) is 1. The standard InChI is InChI=1S/C16H18F3NO2/c1-20(15(21)12-7-3-2-4-8-12)11-13-9-5-6-10-14(13)22-16(17,18)19/h2-3,5-6,9-10,12H,4,7-8,11H2,1H3. The van der Waals surface area contributed by atoms with Crippen molar-refractivity contribution in [1.82, 2.24) is 4.90 Å². The molecule has 0 fully saturated rings. The first kappa shape index (κ1) is 16.4. The molecule has 120 valence electrons. The van der Waals surface area contributed by atoms with E-state index in [0.29, 0.717) is 12.0 Å². The van der Waals surface area contributed by atoms with Gasteiger partial charge in [-0.25, -0.2) is 0 Å². The lowest BCUT2D eigenvalue weighted by Gasteiger charge is -2.25. The lowest BCUT2D eigenvalue weighted by atomic mass is 9.93. The summed E-state index contributed by atoms with van der Waals surface area (Å²) in [6.45, 7) is 0.0886. The molecule has 0 bridgehead atoms. The second kappa shape index (κ2) is 6.85. The summed E-state index contributed by atoms with van der Waals surface area (Å²) in [4.78, 5) is 13.8. The smallest absolute Gasteiger partial charge is 0.405 e. The summed E-state index contributed by atoms with van der Waals surface area (Å²) < 4.78 is 41.2. The fourth-order valence-corrected chi connectivity index (χ4v) is 2.52. The molecule has 1 unspecified atom stereocenters. The fourth-order valence-electron chi connectivity index (χ4n) is 2.52. The molecule has 2 rings (SSSR count). The minimum atomic E-state index is -4.74. The SMILES string of the molecule is CN(Cc1ccccc1OC(F)(F)F)C(=O)C1CC=CCC1. The molecule has 0 saturated carbocycles. The van der Waals surface area contributed by atoms with Gasteiger partial charge in [0.25, 0.3) is 0 Å². The normalized spacial score (nSPS) is 18.1. The maximum atomic E-state index is 12.4. The third-order valence-electron chi connectivity index (χ3n) is 3.60. The van der Waals surface area contributed by atoms with Crippen LogP contribution in [0.1, 0.15) is 24.8 Å². The van der Waals surface area contributed by atoms with E-state index in [9.17, 15) is 18.0 Å². The van der Waals surface area contributed by atoms with E-state index in [0.717, 1.165) is 12.8 Å². The minimum absolute atomic E-state index is 0.0499. The van der Waals surface area contributed by atoms with Crippen molar-refractivity contribution in [2.24, 2.45) is 5.92 Å². The topological polar surface area (TPSA) is 29.5 Å². The fraction of sp³-hybridized carbons (Fsp3) is 0.438. The van der Waals surface area contributed by atoms with Crippen molar-refractivity contribution in [3.63, 3.8) is 0 Å². The number of halogens is 3. The van der Waals surface area contributed by atoms with E-state index in [-0.39, 0.29) is 24.1 Å². The van der Waals surface area contributed by atoms with Gasteiger partial charge in [0.2, 0.25) is 5.91 Å². The molecule has 0 aromatic heterocycles. The Kier molecular flexibility index (Phi) is 5.11. The van der Waals surface area contributed by atoms with Crippen LogP contribution in [-0.2, 0) is 11.3 Å². The van der Waals surface area contributed by atoms with Crippen molar-refractivity contribution in [1.29, 1.82) is 0 Å². The average molecular weight is 313 g/mol. The molecule has 1 atom stereocenters. The predicted octanol–water partition coefficient (Wildman–Crippen LogP) is 3.90. The van der Waals surface area contributed by atoms with Crippen molar-refractivity contribution < 1.29 is 22.7 Å². The van der Waals surface area contributed by atoms with Gasteiger partial charge in [-0.3, -0.25) is 4.79 Å². The van der Waals surface area contributed by atoms with Crippen LogP contribution in [-0.4, -0.2) is 24.2 Å². The number of hydrogen-bond donors (Lipinski definition) is 0. The molecule has 0 spiro atoms. The number of carbonyl (C=O) groups excluding carboxylic acids is 1. The van der Waals surface area contributed by atoms with Gasteiger partial charge in [0, 0.05) is 25.1 Å². The number of allylic oxidation sites excluding steroid dienone is 2. The summed E-state index contributed by atoms with van der Waals surface area (Å²) in [5, 5.41) is 0. The highest BCUT2D eigenvalue weighted by atomic mass is 19.4. The van der Waals surface area contributed by atoms with Crippen LogP contribution in [0.3, 0.4) is 0 Å². The zero-order valence-corrected chi connectivity index (χ0v) is 12.3. The van der Waals surface area contributed by atoms with Gasteiger partial charge in [0.1, 0.15) is 5.75 Å². The summed E-state index contributed by atoms with van der Waals surface area (Å²) >= 11 is 0. The van der Waals surface area contributed by atoms with Gasteiger partial charge in [-0.2, -0.15) is 0 Å². The van der Waals surface area contributed by atoms with Crippen LogP contribution in [0.4, 0.5) is 13.2 Å². The molecule has 1 aromatic rings. The van der Waals surface area contributed by atoms with Crippen LogP contribution in [0.5, 0.6) is 5.75 Å². The number of benzene rings is 1. The first-order chi connectivity index (χ1) is 10.4. The van der Waals surface area contributed by atoms with Crippen molar-refractivity contribution in [3.8, 4) is 5.75 Å². The highest BCUT2D eigenvalue weighted by molar-refractivity contribution is 5.79. The van der Waals surface area contributed by atoms with E-state index in [1.807, 2.05) is 12.2 Å².